The molecule has 0 fully saturated rings. The molecule has 4 N–H and O–H groups in total. The predicted molar refractivity (Wildman–Crippen MR) is 85.1 cm³/mol. The van der Waals surface area contributed by atoms with Crippen molar-refractivity contribution >= 4 is 17.6 Å². The SMILES string of the molecule is N[C@@H](Cc1ccc(NC(=O)c2c(F)cccc2C(F)(F)F)cc1)C(=O)O. The summed E-state index contributed by atoms with van der Waals surface area (Å²) in [6.45, 7) is 0. The van der Waals surface area contributed by atoms with E-state index in [1.807, 2.05) is 0 Å². The van der Waals surface area contributed by atoms with Gasteiger partial charge in [-0.05, 0) is 36.2 Å². The third kappa shape index (κ3) is 4.57. The third-order valence-corrected chi connectivity index (χ3v) is 3.53. The summed E-state index contributed by atoms with van der Waals surface area (Å²) < 4.78 is 52.7. The van der Waals surface area contributed by atoms with Crippen LogP contribution in [0.15, 0.2) is 42.5 Å². The highest BCUT2D eigenvalue weighted by atomic mass is 19.4. The number of benzene rings is 2. The zero-order valence-electron chi connectivity index (χ0n) is 13.2. The molecule has 0 aliphatic heterocycles. The van der Waals surface area contributed by atoms with E-state index in [-0.39, 0.29) is 12.1 Å². The third-order valence-electron chi connectivity index (χ3n) is 3.53. The largest absolute Gasteiger partial charge is 0.480 e. The van der Waals surface area contributed by atoms with Crippen molar-refractivity contribution in [3.05, 3.63) is 65.0 Å². The van der Waals surface area contributed by atoms with Crippen molar-refractivity contribution in [1.29, 1.82) is 0 Å². The number of hydrogen-bond acceptors (Lipinski definition) is 3. The minimum atomic E-state index is -4.88. The molecule has 0 saturated carbocycles. The number of amides is 1. The average molecular weight is 370 g/mol. The van der Waals surface area contributed by atoms with Gasteiger partial charge in [0.05, 0.1) is 11.1 Å². The van der Waals surface area contributed by atoms with E-state index in [1.165, 1.54) is 24.3 Å². The molecule has 138 valence electrons. The van der Waals surface area contributed by atoms with Crippen molar-refractivity contribution in [2.45, 2.75) is 18.6 Å². The molecule has 0 radical (unpaired) electrons. The van der Waals surface area contributed by atoms with Crippen LogP contribution in [0.5, 0.6) is 0 Å². The lowest BCUT2D eigenvalue weighted by atomic mass is 10.0. The fourth-order valence-corrected chi connectivity index (χ4v) is 2.25. The monoisotopic (exact) mass is 370 g/mol. The first kappa shape index (κ1) is 19.4. The van der Waals surface area contributed by atoms with Crippen molar-refractivity contribution in [3.63, 3.8) is 0 Å². The lowest BCUT2D eigenvalue weighted by Gasteiger charge is -2.14. The Hall–Kier alpha value is -2.94. The molecule has 2 aromatic carbocycles. The molecule has 0 heterocycles. The van der Waals surface area contributed by atoms with Crippen LogP contribution in [0.2, 0.25) is 0 Å². The lowest BCUT2D eigenvalue weighted by molar-refractivity contribution is -0.139. The Labute approximate surface area is 145 Å². The Balaban J connectivity index is 2.20. The molecule has 1 atom stereocenters. The number of carbonyl (C=O) groups is 2. The van der Waals surface area contributed by atoms with Gasteiger partial charge in [-0.2, -0.15) is 13.2 Å². The second-order valence-electron chi connectivity index (χ2n) is 5.46. The van der Waals surface area contributed by atoms with Gasteiger partial charge in [0.1, 0.15) is 11.9 Å². The summed E-state index contributed by atoms with van der Waals surface area (Å²) in [5, 5.41) is 10.9. The number of carboxylic acid groups (broad SMARTS) is 1. The molecule has 0 bridgehead atoms. The number of halogens is 4. The van der Waals surface area contributed by atoms with Crippen molar-refractivity contribution < 1.29 is 32.3 Å². The molecule has 1 amide bonds. The maximum absolute atomic E-state index is 13.8. The standard InChI is InChI=1S/C17H14F4N2O3/c18-12-3-1-2-11(17(19,20)21)14(12)15(24)23-10-6-4-9(5-7-10)8-13(22)16(25)26/h1-7,13H,8,22H2,(H,23,24)(H,25,26)/t13-/m0/s1. The van der Waals surface area contributed by atoms with Crippen LogP contribution in [0.1, 0.15) is 21.5 Å². The van der Waals surface area contributed by atoms with Gasteiger partial charge in [-0.25, -0.2) is 4.39 Å². The zero-order valence-corrected chi connectivity index (χ0v) is 13.2. The summed E-state index contributed by atoms with van der Waals surface area (Å²) in [4.78, 5) is 22.8. The Morgan fingerprint density at radius 2 is 1.73 bits per heavy atom. The summed E-state index contributed by atoms with van der Waals surface area (Å²) >= 11 is 0. The van der Waals surface area contributed by atoms with E-state index in [1.54, 1.807) is 0 Å². The molecule has 0 aromatic heterocycles. The zero-order chi connectivity index (χ0) is 19.5. The molecule has 0 aliphatic rings. The van der Waals surface area contributed by atoms with E-state index in [9.17, 15) is 27.2 Å². The van der Waals surface area contributed by atoms with Crippen molar-refractivity contribution in [2.75, 3.05) is 5.32 Å². The number of carbonyl (C=O) groups excluding carboxylic acids is 1. The quantitative estimate of drug-likeness (QED) is 0.706. The summed E-state index contributed by atoms with van der Waals surface area (Å²) in [6.07, 6.45) is -4.85. The Kier molecular flexibility index (Phi) is 5.61. The van der Waals surface area contributed by atoms with E-state index in [4.69, 9.17) is 10.8 Å². The molecule has 0 spiro atoms. The fourth-order valence-electron chi connectivity index (χ4n) is 2.25. The number of alkyl halides is 3. The molecular weight excluding hydrogens is 356 g/mol. The van der Waals surface area contributed by atoms with E-state index < -0.39 is 41.0 Å². The van der Waals surface area contributed by atoms with Crippen molar-refractivity contribution in [1.82, 2.24) is 0 Å². The van der Waals surface area contributed by atoms with Gasteiger partial charge in [0.25, 0.3) is 5.91 Å². The van der Waals surface area contributed by atoms with Gasteiger partial charge in [0.2, 0.25) is 0 Å². The fraction of sp³-hybridized carbons (Fsp3) is 0.176. The Bertz CT molecular complexity index is 820. The summed E-state index contributed by atoms with van der Waals surface area (Å²) in [7, 11) is 0. The number of nitrogens with one attached hydrogen (secondary N) is 1. The minimum Gasteiger partial charge on any atom is -0.480 e. The van der Waals surface area contributed by atoms with Crippen molar-refractivity contribution in [3.8, 4) is 0 Å². The number of anilines is 1. The van der Waals surface area contributed by atoms with E-state index in [0.717, 1.165) is 12.1 Å². The topological polar surface area (TPSA) is 92.4 Å². The van der Waals surface area contributed by atoms with Gasteiger partial charge in [-0.1, -0.05) is 18.2 Å². The van der Waals surface area contributed by atoms with Gasteiger partial charge in [0, 0.05) is 5.69 Å². The van der Waals surface area contributed by atoms with E-state index in [0.29, 0.717) is 11.6 Å². The predicted octanol–water partition coefficient (Wildman–Crippen LogP) is 3.05. The van der Waals surface area contributed by atoms with E-state index >= 15 is 0 Å². The molecule has 0 unspecified atom stereocenters. The molecular formula is C17H14F4N2O3. The number of hydrogen-bond donors (Lipinski definition) is 3. The maximum atomic E-state index is 13.8. The van der Waals surface area contributed by atoms with Gasteiger partial charge < -0.3 is 16.2 Å². The van der Waals surface area contributed by atoms with Crippen LogP contribution >= 0.6 is 0 Å². The number of aliphatic carboxylic acids is 1. The summed E-state index contributed by atoms with van der Waals surface area (Å²) in [5.74, 6) is -3.71. The van der Waals surface area contributed by atoms with Crippen LogP contribution in [-0.2, 0) is 17.4 Å². The summed E-state index contributed by atoms with van der Waals surface area (Å²) in [6, 6.07) is 6.79. The minimum absolute atomic E-state index is 0.0368. The van der Waals surface area contributed by atoms with Crippen LogP contribution < -0.4 is 11.1 Å². The van der Waals surface area contributed by atoms with E-state index in [2.05, 4.69) is 5.32 Å². The van der Waals surface area contributed by atoms with Crippen LogP contribution in [0.25, 0.3) is 0 Å². The molecule has 2 rings (SSSR count). The molecule has 0 saturated heterocycles. The van der Waals surface area contributed by atoms with Crippen LogP contribution in [-0.4, -0.2) is 23.0 Å². The smallest absolute Gasteiger partial charge is 0.417 e. The van der Waals surface area contributed by atoms with Crippen molar-refractivity contribution in [2.24, 2.45) is 5.73 Å². The highest BCUT2D eigenvalue weighted by molar-refractivity contribution is 6.05. The molecule has 9 heteroatoms. The first-order valence-corrected chi connectivity index (χ1v) is 7.34. The second kappa shape index (κ2) is 7.52. The highest BCUT2D eigenvalue weighted by Gasteiger charge is 2.36. The van der Waals surface area contributed by atoms with Gasteiger partial charge in [-0.15, -0.1) is 0 Å². The molecule has 2 aromatic rings. The Morgan fingerprint density at radius 3 is 2.27 bits per heavy atom. The molecule has 5 nitrogen and oxygen atoms in total. The maximum Gasteiger partial charge on any atom is 0.417 e. The lowest BCUT2D eigenvalue weighted by Crippen LogP contribution is -2.32. The van der Waals surface area contributed by atoms with Crippen LogP contribution in [0.3, 0.4) is 0 Å². The molecule has 26 heavy (non-hydrogen) atoms. The molecule has 0 aliphatic carbocycles. The highest BCUT2D eigenvalue weighted by Crippen LogP contribution is 2.33. The van der Waals surface area contributed by atoms with Gasteiger partial charge in [0.15, 0.2) is 0 Å². The normalized spacial score (nSPS) is 12.5. The average Bonchev–Trinajstić information content (AvgIpc) is 2.55. The van der Waals surface area contributed by atoms with Gasteiger partial charge in [-0.3, -0.25) is 9.59 Å². The Morgan fingerprint density at radius 1 is 1.12 bits per heavy atom. The van der Waals surface area contributed by atoms with Gasteiger partial charge >= 0.3 is 12.1 Å². The number of carboxylic acids is 1. The van der Waals surface area contributed by atoms with Crippen LogP contribution in [0.4, 0.5) is 23.2 Å². The summed E-state index contributed by atoms with van der Waals surface area (Å²) in [5.41, 5.74) is 3.60. The second-order valence-corrected chi connectivity index (χ2v) is 5.46. The van der Waals surface area contributed by atoms with Crippen LogP contribution in [0, 0.1) is 5.82 Å². The first-order chi connectivity index (χ1) is 12.1. The number of nitrogens with two attached hydrogens (primary N) is 1. The number of rotatable bonds is 5. The first-order valence-electron chi connectivity index (χ1n) is 7.34.